The summed E-state index contributed by atoms with van der Waals surface area (Å²) in [4.78, 5) is 48.3. The Morgan fingerprint density at radius 3 is 2.38 bits per heavy atom. The number of carboxylic acids is 1. The third kappa shape index (κ3) is 2.67. The van der Waals surface area contributed by atoms with Crippen molar-refractivity contribution in [2.24, 2.45) is 28.6 Å². The minimum Gasteiger partial charge on any atom is -0.475 e. The summed E-state index contributed by atoms with van der Waals surface area (Å²) in [6.45, 7) is 5.49. The summed E-state index contributed by atoms with van der Waals surface area (Å²) >= 11 is 0. The molecule has 4 rings (SSSR count). The number of carbonyl (C=O) groups excluding carboxylic acids is 3. The van der Waals surface area contributed by atoms with Crippen LogP contribution in [0.2, 0.25) is 0 Å². The van der Waals surface area contributed by atoms with Crippen LogP contribution in [0, 0.1) is 28.6 Å². The summed E-state index contributed by atoms with van der Waals surface area (Å²) in [6, 6.07) is 0. The van der Waals surface area contributed by atoms with Crippen molar-refractivity contribution in [3.8, 4) is 0 Å². The van der Waals surface area contributed by atoms with Crippen molar-refractivity contribution in [2.75, 3.05) is 0 Å². The van der Waals surface area contributed by atoms with Crippen molar-refractivity contribution >= 4 is 23.5 Å². The predicted octanol–water partition coefficient (Wildman–Crippen LogP) is 3.47. The Morgan fingerprint density at radius 1 is 1.03 bits per heavy atom. The van der Waals surface area contributed by atoms with E-state index in [1.165, 1.54) is 12.5 Å². The molecule has 4 aliphatic carbocycles. The van der Waals surface area contributed by atoms with Gasteiger partial charge in [-0.15, -0.1) is 0 Å². The van der Waals surface area contributed by atoms with E-state index in [1.54, 1.807) is 0 Å². The zero-order valence-corrected chi connectivity index (χ0v) is 17.5. The first kappa shape index (κ1) is 20.3. The molecule has 0 aliphatic heterocycles. The van der Waals surface area contributed by atoms with Crippen molar-refractivity contribution in [3.63, 3.8) is 0 Å². The van der Waals surface area contributed by atoms with Crippen LogP contribution in [0.25, 0.3) is 0 Å². The predicted molar refractivity (Wildman–Crippen MR) is 104 cm³/mol. The number of hydrogen-bond acceptors (Lipinski definition) is 5. The van der Waals surface area contributed by atoms with Gasteiger partial charge in [-0.25, -0.2) is 4.79 Å². The fraction of sp³-hybridized carbons (Fsp3) is 0.739. The van der Waals surface area contributed by atoms with Crippen molar-refractivity contribution in [3.05, 3.63) is 11.6 Å². The number of Topliss-reactive ketones (excluding diaryl/α,β-unsaturated/α-hetero) is 1. The van der Waals surface area contributed by atoms with Gasteiger partial charge in [-0.05, 0) is 74.2 Å². The molecule has 0 aromatic rings. The Kier molecular flexibility index (Phi) is 4.56. The summed E-state index contributed by atoms with van der Waals surface area (Å²) in [7, 11) is 0. The molecule has 0 bridgehead atoms. The van der Waals surface area contributed by atoms with Crippen LogP contribution >= 0.6 is 0 Å². The molecule has 0 heterocycles. The number of ether oxygens (including phenoxy) is 1. The molecule has 0 unspecified atom stereocenters. The van der Waals surface area contributed by atoms with E-state index in [0.717, 1.165) is 25.7 Å². The standard InChI is InChI=1S/C23H30O6/c1-13(24)29-23(19(26)20(27)28)11-8-18-16-5-4-14-12-15(25)6-9-21(14,2)17(16)7-10-22(18,23)3/h12,16-18H,4-11H2,1-3H3,(H,27,28)/t16-,17+,18+,21+,22+,23+/m1/s1. The molecule has 0 aromatic carbocycles. The molecular formula is C23H30O6. The molecular weight excluding hydrogens is 372 g/mol. The number of allylic oxidation sites excluding steroid dienone is 1. The molecule has 0 radical (unpaired) electrons. The van der Waals surface area contributed by atoms with E-state index in [1.807, 2.05) is 13.0 Å². The second-order valence-corrected chi connectivity index (χ2v) is 10.0. The van der Waals surface area contributed by atoms with Gasteiger partial charge < -0.3 is 9.84 Å². The summed E-state index contributed by atoms with van der Waals surface area (Å²) in [6.07, 6.45) is 7.61. The molecule has 29 heavy (non-hydrogen) atoms. The highest BCUT2D eigenvalue weighted by molar-refractivity contribution is 6.36. The van der Waals surface area contributed by atoms with Gasteiger partial charge in [0, 0.05) is 18.8 Å². The Hall–Kier alpha value is -1.98. The second-order valence-electron chi connectivity index (χ2n) is 10.0. The highest BCUT2D eigenvalue weighted by Crippen LogP contribution is 2.68. The summed E-state index contributed by atoms with van der Waals surface area (Å²) in [5.74, 6) is -1.98. The summed E-state index contributed by atoms with van der Waals surface area (Å²) in [5, 5.41) is 9.50. The quantitative estimate of drug-likeness (QED) is 0.573. The number of aliphatic carboxylic acids is 1. The molecule has 6 atom stereocenters. The van der Waals surface area contributed by atoms with Crippen LogP contribution in [-0.4, -0.2) is 34.2 Å². The highest BCUT2D eigenvalue weighted by atomic mass is 16.6. The van der Waals surface area contributed by atoms with Crippen LogP contribution < -0.4 is 0 Å². The van der Waals surface area contributed by atoms with E-state index in [2.05, 4.69) is 6.92 Å². The molecule has 158 valence electrons. The molecule has 0 aromatic heterocycles. The summed E-state index contributed by atoms with van der Waals surface area (Å²) in [5.41, 5.74) is -0.969. The smallest absolute Gasteiger partial charge is 0.376 e. The fourth-order valence-corrected chi connectivity index (χ4v) is 7.56. The van der Waals surface area contributed by atoms with Crippen LogP contribution in [0.3, 0.4) is 0 Å². The van der Waals surface area contributed by atoms with Crippen molar-refractivity contribution in [1.29, 1.82) is 0 Å². The first-order chi connectivity index (χ1) is 13.5. The van der Waals surface area contributed by atoms with Crippen molar-refractivity contribution in [1.82, 2.24) is 0 Å². The zero-order valence-electron chi connectivity index (χ0n) is 17.5. The van der Waals surface area contributed by atoms with Gasteiger partial charge >= 0.3 is 11.9 Å². The van der Waals surface area contributed by atoms with E-state index >= 15 is 0 Å². The van der Waals surface area contributed by atoms with Crippen LogP contribution in [-0.2, 0) is 23.9 Å². The molecule has 6 nitrogen and oxygen atoms in total. The first-order valence-corrected chi connectivity index (χ1v) is 10.8. The third-order valence-electron chi connectivity index (χ3n) is 8.96. The van der Waals surface area contributed by atoms with E-state index < -0.39 is 28.7 Å². The molecule has 3 fully saturated rings. The van der Waals surface area contributed by atoms with Crippen LogP contribution in [0.15, 0.2) is 11.6 Å². The van der Waals surface area contributed by atoms with Gasteiger partial charge in [0.2, 0.25) is 0 Å². The second kappa shape index (κ2) is 6.51. The van der Waals surface area contributed by atoms with Gasteiger partial charge in [-0.2, -0.15) is 0 Å². The lowest BCUT2D eigenvalue weighted by Gasteiger charge is -2.59. The van der Waals surface area contributed by atoms with Gasteiger partial charge in [-0.1, -0.05) is 19.4 Å². The van der Waals surface area contributed by atoms with Crippen LogP contribution in [0.4, 0.5) is 0 Å². The molecule has 3 saturated carbocycles. The van der Waals surface area contributed by atoms with Crippen LogP contribution in [0.1, 0.15) is 72.1 Å². The van der Waals surface area contributed by atoms with E-state index in [0.29, 0.717) is 31.1 Å². The van der Waals surface area contributed by atoms with Crippen molar-refractivity contribution < 1.29 is 29.0 Å². The number of esters is 1. The minimum absolute atomic E-state index is 0.00163. The average Bonchev–Trinajstić information content (AvgIpc) is 2.94. The van der Waals surface area contributed by atoms with Gasteiger partial charge in [-0.3, -0.25) is 14.4 Å². The monoisotopic (exact) mass is 402 g/mol. The number of carboxylic acid groups (broad SMARTS) is 1. The van der Waals surface area contributed by atoms with Gasteiger partial charge in [0.25, 0.3) is 5.78 Å². The lowest BCUT2D eigenvalue weighted by molar-refractivity contribution is -0.191. The van der Waals surface area contributed by atoms with Gasteiger partial charge in [0.05, 0.1) is 0 Å². The Morgan fingerprint density at radius 2 is 1.72 bits per heavy atom. The Labute approximate surface area is 171 Å². The molecule has 0 saturated heterocycles. The van der Waals surface area contributed by atoms with Gasteiger partial charge in [0.15, 0.2) is 11.4 Å². The molecule has 0 spiro atoms. The topological polar surface area (TPSA) is 97.7 Å². The maximum Gasteiger partial charge on any atom is 0.376 e. The largest absolute Gasteiger partial charge is 0.475 e. The Bertz CT molecular complexity index is 827. The highest BCUT2D eigenvalue weighted by Gasteiger charge is 2.69. The normalized spacial score (nSPS) is 43.5. The number of carbonyl (C=O) groups is 4. The molecule has 6 heteroatoms. The minimum atomic E-state index is -1.57. The van der Waals surface area contributed by atoms with Crippen molar-refractivity contribution in [2.45, 2.75) is 77.7 Å². The number of ketones is 2. The maximum absolute atomic E-state index is 12.8. The summed E-state index contributed by atoms with van der Waals surface area (Å²) < 4.78 is 5.59. The number of rotatable bonds is 3. The number of hydrogen-bond donors (Lipinski definition) is 1. The van der Waals surface area contributed by atoms with Gasteiger partial charge in [0.1, 0.15) is 0 Å². The van der Waals surface area contributed by atoms with E-state index in [4.69, 9.17) is 4.74 Å². The lowest BCUT2D eigenvalue weighted by Crippen LogP contribution is -2.60. The zero-order chi connectivity index (χ0) is 21.2. The molecule has 4 aliphatic rings. The molecule has 0 amide bonds. The third-order valence-corrected chi connectivity index (χ3v) is 8.96. The Balaban J connectivity index is 1.72. The lowest BCUT2D eigenvalue weighted by atomic mass is 9.46. The molecule has 1 N–H and O–H groups in total. The van der Waals surface area contributed by atoms with E-state index in [-0.39, 0.29) is 23.5 Å². The average molecular weight is 402 g/mol. The number of fused-ring (bicyclic) bond motifs is 5. The van der Waals surface area contributed by atoms with Crippen LogP contribution in [0.5, 0.6) is 0 Å². The van der Waals surface area contributed by atoms with E-state index in [9.17, 15) is 24.3 Å². The SMILES string of the molecule is CC(=O)O[C@]1(C(=O)C(=O)O)CC[C@H]2[C@@H]3CCC4=CC(=O)CC[C@]4(C)[C@H]3CC[C@@]21C. The first-order valence-electron chi connectivity index (χ1n) is 10.8. The maximum atomic E-state index is 12.8. The fourth-order valence-electron chi connectivity index (χ4n) is 7.56.